The van der Waals surface area contributed by atoms with Gasteiger partial charge in [-0.1, -0.05) is 44.2 Å². The molecule has 0 N–H and O–H groups in total. The lowest BCUT2D eigenvalue weighted by Crippen LogP contribution is -2.35. The Bertz CT molecular complexity index is 354. The first-order chi connectivity index (χ1) is 7.68. The first-order valence-electron chi connectivity index (χ1n) is 6.03. The lowest BCUT2D eigenvalue weighted by atomic mass is 10.1. The first kappa shape index (κ1) is 11.2. The quantitative estimate of drug-likeness (QED) is 0.759. The molecule has 0 radical (unpaired) electrons. The topological polar surface area (TPSA) is 20.3 Å². The van der Waals surface area contributed by atoms with Crippen molar-refractivity contribution in [2.24, 2.45) is 5.92 Å². The van der Waals surface area contributed by atoms with Crippen molar-refractivity contribution < 1.29 is 4.79 Å². The van der Waals surface area contributed by atoms with E-state index in [2.05, 4.69) is 12.1 Å². The average molecular weight is 217 g/mol. The van der Waals surface area contributed by atoms with Gasteiger partial charge in [-0.2, -0.15) is 0 Å². The molecular formula is C14H19NO. The van der Waals surface area contributed by atoms with E-state index in [1.165, 1.54) is 18.4 Å². The molecule has 86 valence electrons. The van der Waals surface area contributed by atoms with Crippen LogP contribution in [0.25, 0.3) is 0 Å². The molecule has 2 rings (SSSR count). The van der Waals surface area contributed by atoms with Crippen LogP contribution in [0.4, 0.5) is 0 Å². The van der Waals surface area contributed by atoms with Crippen molar-refractivity contribution in [2.75, 3.05) is 0 Å². The fraction of sp³-hybridized carbons (Fsp3) is 0.500. The van der Waals surface area contributed by atoms with Crippen LogP contribution in [0.15, 0.2) is 30.3 Å². The van der Waals surface area contributed by atoms with Gasteiger partial charge in [-0.05, 0) is 18.4 Å². The van der Waals surface area contributed by atoms with Gasteiger partial charge in [0.05, 0.1) is 0 Å². The SMILES string of the molecule is CC(C)C(=O)N(Cc1ccccc1)C1CC1. The van der Waals surface area contributed by atoms with Crippen LogP contribution < -0.4 is 0 Å². The minimum Gasteiger partial charge on any atom is -0.335 e. The molecule has 2 nitrogen and oxygen atoms in total. The number of hydrogen-bond acceptors (Lipinski definition) is 1. The third-order valence-corrected chi connectivity index (χ3v) is 2.96. The Morgan fingerprint density at radius 1 is 1.31 bits per heavy atom. The molecule has 0 saturated heterocycles. The van der Waals surface area contributed by atoms with Crippen LogP contribution >= 0.6 is 0 Å². The average Bonchev–Trinajstić information content (AvgIpc) is 3.10. The van der Waals surface area contributed by atoms with E-state index >= 15 is 0 Å². The summed E-state index contributed by atoms with van der Waals surface area (Å²) in [6.45, 7) is 4.72. The van der Waals surface area contributed by atoms with Crippen molar-refractivity contribution in [3.63, 3.8) is 0 Å². The van der Waals surface area contributed by atoms with E-state index in [4.69, 9.17) is 0 Å². The maximum Gasteiger partial charge on any atom is 0.225 e. The van der Waals surface area contributed by atoms with E-state index in [1.54, 1.807) is 0 Å². The zero-order chi connectivity index (χ0) is 11.5. The molecule has 1 aromatic rings. The number of hydrogen-bond donors (Lipinski definition) is 0. The molecule has 2 heteroatoms. The van der Waals surface area contributed by atoms with Gasteiger partial charge in [0.25, 0.3) is 0 Å². The Kier molecular flexibility index (Phi) is 3.28. The maximum atomic E-state index is 12.1. The second-order valence-corrected chi connectivity index (χ2v) is 4.84. The molecule has 0 aliphatic heterocycles. The van der Waals surface area contributed by atoms with Crippen molar-refractivity contribution in [2.45, 2.75) is 39.3 Å². The summed E-state index contributed by atoms with van der Waals surface area (Å²) in [5.74, 6) is 0.385. The normalized spacial score (nSPS) is 15.2. The van der Waals surface area contributed by atoms with E-state index in [1.807, 2.05) is 36.9 Å². The minimum atomic E-state index is 0.101. The third-order valence-electron chi connectivity index (χ3n) is 2.96. The number of carbonyl (C=O) groups excluding carboxylic acids is 1. The van der Waals surface area contributed by atoms with E-state index in [0.29, 0.717) is 6.04 Å². The highest BCUT2D eigenvalue weighted by molar-refractivity contribution is 5.78. The molecule has 1 aliphatic carbocycles. The first-order valence-corrected chi connectivity index (χ1v) is 6.03. The van der Waals surface area contributed by atoms with Crippen LogP contribution in [0.3, 0.4) is 0 Å². The van der Waals surface area contributed by atoms with Gasteiger partial charge in [-0.15, -0.1) is 0 Å². The highest BCUT2D eigenvalue weighted by Gasteiger charge is 2.33. The number of rotatable bonds is 4. The van der Waals surface area contributed by atoms with E-state index in [9.17, 15) is 4.79 Å². The Labute approximate surface area is 97.3 Å². The van der Waals surface area contributed by atoms with Crippen molar-refractivity contribution in [3.8, 4) is 0 Å². The molecule has 0 aromatic heterocycles. The van der Waals surface area contributed by atoms with Crippen molar-refractivity contribution >= 4 is 5.91 Å². The molecule has 16 heavy (non-hydrogen) atoms. The van der Waals surface area contributed by atoms with Crippen LogP contribution in [0.2, 0.25) is 0 Å². The Balaban J connectivity index is 2.06. The van der Waals surface area contributed by atoms with Crippen LogP contribution in [-0.2, 0) is 11.3 Å². The van der Waals surface area contributed by atoms with Gasteiger partial charge in [0, 0.05) is 18.5 Å². The van der Waals surface area contributed by atoms with Gasteiger partial charge in [0.15, 0.2) is 0 Å². The van der Waals surface area contributed by atoms with Crippen LogP contribution in [0, 0.1) is 5.92 Å². The fourth-order valence-corrected chi connectivity index (χ4v) is 1.88. The van der Waals surface area contributed by atoms with Gasteiger partial charge in [-0.3, -0.25) is 4.79 Å². The summed E-state index contributed by atoms with van der Waals surface area (Å²) in [6, 6.07) is 10.7. The molecule has 0 bridgehead atoms. The third kappa shape index (κ3) is 2.63. The fourth-order valence-electron chi connectivity index (χ4n) is 1.88. The lowest BCUT2D eigenvalue weighted by molar-refractivity contribution is -0.135. The molecule has 1 saturated carbocycles. The van der Waals surface area contributed by atoms with Gasteiger partial charge >= 0.3 is 0 Å². The Hall–Kier alpha value is -1.31. The molecule has 0 unspecified atom stereocenters. The Morgan fingerprint density at radius 3 is 2.44 bits per heavy atom. The molecule has 0 atom stereocenters. The second-order valence-electron chi connectivity index (χ2n) is 4.84. The minimum absolute atomic E-state index is 0.101. The van der Waals surface area contributed by atoms with Crippen molar-refractivity contribution in [1.82, 2.24) is 4.90 Å². The molecule has 1 aromatic carbocycles. The predicted molar refractivity (Wildman–Crippen MR) is 64.9 cm³/mol. The zero-order valence-electron chi connectivity index (χ0n) is 10.0. The van der Waals surface area contributed by atoms with E-state index in [0.717, 1.165) is 6.54 Å². The predicted octanol–water partition coefficient (Wildman–Crippen LogP) is 2.83. The molecular weight excluding hydrogens is 198 g/mol. The summed E-state index contributed by atoms with van der Waals surface area (Å²) >= 11 is 0. The van der Waals surface area contributed by atoms with Crippen molar-refractivity contribution in [1.29, 1.82) is 0 Å². The van der Waals surface area contributed by atoms with E-state index < -0.39 is 0 Å². The molecule has 1 amide bonds. The Morgan fingerprint density at radius 2 is 1.94 bits per heavy atom. The highest BCUT2D eigenvalue weighted by atomic mass is 16.2. The number of carbonyl (C=O) groups is 1. The molecule has 1 fully saturated rings. The van der Waals surface area contributed by atoms with Gasteiger partial charge in [-0.25, -0.2) is 0 Å². The molecule has 0 heterocycles. The molecule has 1 aliphatic rings. The summed E-state index contributed by atoms with van der Waals surface area (Å²) in [5.41, 5.74) is 1.23. The lowest BCUT2D eigenvalue weighted by Gasteiger charge is -2.24. The van der Waals surface area contributed by atoms with E-state index in [-0.39, 0.29) is 11.8 Å². The number of benzene rings is 1. The van der Waals surface area contributed by atoms with Crippen LogP contribution in [0.1, 0.15) is 32.3 Å². The van der Waals surface area contributed by atoms with Crippen molar-refractivity contribution in [3.05, 3.63) is 35.9 Å². The smallest absolute Gasteiger partial charge is 0.225 e. The number of amides is 1. The maximum absolute atomic E-state index is 12.1. The summed E-state index contributed by atoms with van der Waals surface area (Å²) in [4.78, 5) is 14.1. The second kappa shape index (κ2) is 4.69. The summed E-state index contributed by atoms with van der Waals surface area (Å²) in [5, 5.41) is 0. The summed E-state index contributed by atoms with van der Waals surface area (Å²) in [7, 11) is 0. The largest absolute Gasteiger partial charge is 0.335 e. The number of nitrogens with zero attached hydrogens (tertiary/aromatic N) is 1. The monoisotopic (exact) mass is 217 g/mol. The highest BCUT2D eigenvalue weighted by Crippen LogP contribution is 2.29. The molecule has 0 spiro atoms. The van der Waals surface area contributed by atoms with Gasteiger partial charge in [0.1, 0.15) is 0 Å². The summed E-state index contributed by atoms with van der Waals surface area (Å²) in [6.07, 6.45) is 2.34. The van der Waals surface area contributed by atoms with Crippen LogP contribution in [0.5, 0.6) is 0 Å². The van der Waals surface area contributed by atoms with Crippen LogP contribution in [-0.4, -0.2) is 16.8 Å². The zero-order valence-corrected chi connectivity index (χ0v) is 10.0. The van der Waals surface area contributed by atoms with Gasteiger partial charge in [0.2, 0.25) is 5.91 Å². The summed E-state index contributed by atoms with van der Waals surface area (Å²) < 4.78 is 0. The van der Waals surface area contributed by atoms with Gasteiger partial charge < -0.3 is 4.90 Å². The standard InChI is InChI=1S/C14H19NO/c1-11(2)14(16)15(13-8-9-13)10-12-6-4-3-5-7-12/h3-7,11,13H,8-10H2,1-2H3.